The number of rotatable bonds is 4. The maximum Gasteiger partial charge on any atom is 0.240 e. The monoisotopic (exact) mass is 264 g/mol. The third kappa shape index (κ3) is 2.18. The highest BCUT2D eigenvalue weighted by Crippen LogP contribution is 2.19. The standard InChI is InChI=1S/C12H13ClN4O/c13-5-11-16-9-6-14-4-3-10(9)17(11)7-12(18)15-8-1-2-8/h3-4,6,8H,1-2,5,7H2,(H,15,18). The predicted molar refractivity (Wildman–Crippen MR) is 68.2 cm³/mol. The second-order valence-corrected chi connectivity index (χ2v) is 4.72. The van der Waals surface area contributed by atoms with Crippen LogP contribution >= 0.6 is 11.6 Å². The van der Waals surface area contributed by atoms with Crippen LogP contribution < -0.4 is 5.32 Å². The Kier molecular flexibility index (Phi) is 2.91. The second kappa shape index (κ2) is 4.57. The summed E-state index contributed by atoms with van der Waals surface area (Å²) in [6.45, 7) is 0.263. The molecule has 1 N–H and O–H groups in total. The van der Waals surface area contributed by atoms with E-state index in [1.54, 1.807) is 12.4 Å². The Morgan fingerprint density at radius 3 is 3.11 bits per heavy atom. The van der Waals surface area contributed by atoms with Gasteiger partial charge in [0.15, 0.2) is 0 Å². The summed E-state index contributed by atoms with van der Waals surface area (Å²) < 4.78 is 1.85. The summed E-state index contributed by atoms with van der Waals surface area (Å²) in [4.78, 5) is 20.2. The van der Waals surface area contributed by atoms with Crippen molar-refractivity contribution in [2.75, 3.05) is 0 Å². The van der Waals surface area contributed by atoms with Gasteiger partial charge >= 0.3 is 0 Å². The SMILES string of the molecule is O=C(Cn1c(CCl)nc2cnccc21)NC1CC1. The smallest absolute Gasteiger partial charge is 0.240 e. The summed E-state index contributed by atoms with van der Waals surface area (Å²) in [5, 5.41) is 2.96. The van der Waals surface area contributed by atoms with Gasteiger partial charge < -0.3 is 9.88 Å². The second-order valence-electron chi connectivity index (χ2n) is 4.45. The minimum Gasteiger partial charge on any atom is -0.352 e. The third-order valence-electron chi connectivity index (χ3n) is 2.99. The minimum atomic E-state index is 0.0139. The van der Waals surface area contributed by atoms with E-state index >= 15 is 0 Å². The van der Waals surface area contributed by atoms with Crippen molar-refractivity contribution >= 4 is 28.5 Å². The van der Waals surface area contributed by atoms with E-state index in [9.17, 15) is 4.79 Å². The van der Waals surface area contributed by atoms with Crippen LogP contribution in [-0.2, 0) is 17.2 Å². The van der Waals surface area contributed by atoms with Gasteiger partial charge in [-0.25, -0.2) is 4.98 Å². The summed E-state index contributed by atoms with van der Waals surface area (Å²) in [5.41, 5.74) is 1.67. The van der Waals surface area contributed by atoms with Gasteiger partial charge in [-0.05, 0) is 18.9 Å². The Balaban J connectivity index is 1.90. The normalized spacial score (nSPS) is 14.9. The van der Waals surface area contributed by atoms with E-state index in [2.05, 4.69) is 15.3 Å². The molecule has 6 heteroatoms. The highest BCUT2D eigenvalue weighted by molar-refractivity contribution is 6.16. The molecule has 0 aromatic carbocycles. The van der Waals surface area contributed by atoms with E-state index in [0.29, 0.717) is 11.9 Å². The Labute approximate surface area is 109 Å². The van der Waals surface area contributed by atoms with Crippen LogP contribution in [0.15, 0.2) is 18.5 Å². The molecule has 0 bridgehead atoms. The molecule has 2 aromatic heterocycles. The lowest BCUT2D eigenvalue weighted by atomic mass is 10.4. The maximum absolute atomic E-state index is 11.9. The molecule has 1 aliphatic carbocycles. The summed E-state index contributed by atoms with van der Waals surface area (Å²) in [6, 6.07) is 2.22. The molecule has 5 nitrogen and oxygen atoms in total. The van der Waals surface area contributed by atoms with Crippen molar-refractivity contribution in [2.24, 2.45) is 0 Å². The van der Waals surface area contributed by atoms with Crippen molar-refractivity contribution in [3.05, 3.63) is 24.3 Å². The lowest BCUT2D eigenvalue weighted by molar-refractivity contribution is -0.121. The first-order valence-corrected chi connectivity index (χ1v) is 6.46. The van der Waals surface area contributed by atoms with Crippen LogP contribution in [0.25, 0.3) is 11.0 Å². The Bertz CT molecular complexity index is 591. The average molecular weight is 265 g/mol. The molecule has 2 heterocycles. The number of halogens is 1. The van der Waals surface area contributed by atoms with Gasteiger partial charge in [0, 0.05) is 12.2 Å². The first-order valence-electron chi connectivity index (χ1n) is 5.92. The van der Waals surface area contributed by atoms with Gasteiger partial charge in [0.1, 0.15) is 17.9 Å². The topological polar surface area (TPSA) is 59.8 Å². The molecule has 0 spiro atoms. The zero-order valence-corrected chi connectivity index (χ0v) is 10.5. The maximum atomic E-state index is 11.9. The molecule has 0 aliphatic heterocycles. The number of nitrogens with zero attached hydrogens (tertiary/aromatic N) is 3. The number of imidazole rings is 1. The first kappa shape index (κ1) is 11.5. The van der Waals surface area contributed by atoms with Gasteiger partial charge in [-0.15, -0.1) is 11.6 Å². The zero-order chi connectivity index (χ0) is 12.5. The molecule has 1 fully saturated rings. The van der Waals surface area contributed by atoms with Crippen LogP contribution in [0.1, 0.15) is 18.7 Å². The Hall–Kier alpha value is -1.62. The molecule has 3 rings (SSSR count). The molecular weight excluding hydrogens is 252 g/mol. The molecule has 94 valence electrons. The number of carbonyl (C=O) groups is 1. The number of nitrogens with one attached hydrogen (secondary N) is 1. The summed E-state index contributed by atoms with van der Waals surface area (Å²) in [6.07, 6.45) is 5.55. The van der Waals surface area contributed by atoms with E-state index in [-0.39, 0.29) is 18.3 Å². The van der Waals surface area contributed by atoms with Gasteiger partial charge in [0.2, 0.25) is 5.91 Å². The van der Waals surface area contributed by atoms with E-state index in [1.165, 1.54) is 0 Å². The van der Waals surface area contributed by atoms with Crippen molar-refractivity contribution in [3.8, 4) is 0 Å². The number of amides is 1. The van der Waals surface area contributed by atoms with Gasteiger partial charge in [0.05, 0.1) is 17.6 Å². The van der Waals surface area contributed by atoms with Crippen LogP contribution in [0.3, 0.4) is 0 Å². The summed E-state index contributed by atoms with van der Waals surface area (Å²) in [7, 11) is 0. The van der Waals surface area contributed by atoms with E-state index < -0.39 is 0 Å². The van der Waals surface area contributed by atoms with Gasteiger partial charge in [-0.3, -0.25) is 9.78 Å². The largest absolute Gasteiger partial charge is 0.352 e. The van der Waals surface area contributed by atoms with Gasteiger partial charge in [-0.2, -0.15) is 0 Å². The Morgan fingerprint density at radius 1 is 1.56 bits per heavy atom. The van der Waals surface area contributed by atoms with Gasteiger partial charge in [-0.1, -0.05) is 0 Å². The fourth-order valence-corrected chi connectivity index (χ4v) is 2.16. The summed E-state index contributed by atoms with van der Waals surface area (Å²) in [5.74, 6) is 0.997. The number of hydrogen-bond donors (Lipinski definition) is 1. The molecule has 0 saturated heterocycles. The lowest BCUT2D eigenvalue weighted by Crippen LogP contribution is -2.29. The molecule has 0 unspecified atom stereocenters. The number of pyridine rings is 1. The van der Waals surface area contributed by atoms with E-state index in [4.69, 9.17) is 11.6 Å². The number of aromatic nitrogens is 3. The van der Waals surface area contributed by atoms with Crippen LogP contribution in [0.2, 0.25) is 0 Å². The molecular formula is C12H13ClN4O. The predicted octanol–water partition coefficient (Wildman–Crippen LogP) is 1.45. The van der Waals surface area contributed by atoms with Gasteiger partial charge in [0.25, 0.3) is 0 Å². The van der Waals surface area contributed by atoms with Crippen molar-refractivity contribution in [1.82, 2.24) is 19.9 Å². The average Bonchev–Trinajstić information content (AvgIpc) is 3.11. The van der Waals surface area contributed by atoms with Crippen molar-refractivity contribution < 1.29 is 4.79 Å². The van der Waals surface area contributed by atoms with E-state index in [1.807, 2.05) is 10.6 Å². The highest BCUT2D eigenvalue weighted by atomic mass is 35.5. The fourth-order valence-electron chi connectivity index (χ4n) is 1.95. The lowest BCUT2D eigenvalue weighted by Gasteiger charge is -2.07. The third-order valence-corrected chi connectivity index (χ3v) is 3.23. The van der Waals surface area contributed by atoms with Crippen LogP contribution in [0.5, 0.6) is 0 Å². The van der Waals surface area contributed by atoms with Crippen molar-refractivity contribution in [2.45, 2.75) is 31.3 Å². The highest BCUT2D eigenvalue weighted by Gasteiger charge is 2.23. The number of hydrogen-bond acceptors (Lipinski definition) is 3. The number of alkyl halides is 1. The molecule has 1 amide bonds. The number of fused-ring (bicyclic) bond motifs is 1. The Morgan fingerprint density at radius 2 is 2.39 bits per heavy atom. The van der Waals surface area contributed by atoms with Crippen LogP contribution in [-0.4, -0.2) is 26.5 Å². The molecule has 0 atom stereocenters. The van der Waals surface area contributed by atoms with E-state index in [0.717, 1.165) is 23.9 Å². The van der Waals surface area contributed by atoms with Crippen molar-refractivity contribution in [1.29, 1.82) is 0 Å². The minimum absolute atomic E-state index is 0.0139. The first-order chi connectivity index (χ1) is 8.78. The molecule has 2 aromatic rings. The summed E-state index contributed by atoms with van der Waals surface area (Å²) >= 11 is 5.87. The van der Waals surface area contributed by atoms with Crippen LogP contribution in [0, 0.1) is 0 Å². The molecule has 1 aliphatic rings. The zero-order valence-electron chi connectivity index (χ0n) is 9.77. The van der Waals surface area contributed by atoms with Crippen LogP contribution in [0.4, 0.5) is 0 Å². The molecule has 18 heavy (non-hydrogen) atoms. The molecule has 1 saturated carbocycles. The van der Waals surface area contributed by atoms with Crippen molar-refractivity contribution in [3.63, 3.8) is 0 Å². The number of carbonyl (C=O) groups excluding carboxylic acids is 1. The molecule has 0 radical (unpaired) electrons. The quantitative estimate of drug-likeness (QED) is 0.851. The fraction of sp³-hybridized carbons (Fsp3) is 0.417.